The van der Waals surface area contributed by atoms with Crippen LogP contribution in [0.25, 0.3) is 0 Å². The van der Waals surface area contributed by atoms with Crippen molar-refractivity contribution >= 4 is 21.4 Å². The van der Waals surface area contributed by atoms with Crippen LogP contribution in [0.4, 0.5) is 0 Å². The molecule has 2 aromatic heterocycles. The molecule has 0 amide bonds. The number of aromatic nitrogens is 2. The average Bonchev–Trinajstić information content (AvgIpc) is 3.16. The molecule has 0 saturated carbocycles. The van der Waals surface area contributed by atoms with Gasteiger partial charge in [-0.3, -0.25) is 0 Å². The van der Waals surface area contributed by atoms with Gasteiger partial charge in [-0.15, -0.1) is 11.3 Å². The molecule has 0 fully saturated rings. The third-order valence-electron chi connectivity index (χ3n) is 4.02. The summed E-state index contributed by atoms with van der Waals surface area (Å²) in [4.78, 5) is 5.27. The molecule has 0 radical (unpaired) electrons. The molecule has 0 aromatic carbocycles. The zero-order chi connectivity index (χ0) is 16.3. The van der Waals surface area contributed by atoms with Gasteiger partial charge in [0.05, 0.1) is 6.33 Å². The van der Waals surface area contributed by atoms with E-state index in [1.165, 1.54) is 9.18 Å². The largest absolute Gasteiger partial charge is 0.333 e. The van der Waals surface area contributed by atoms with Crippen LogP contribution in [0, 0.1) is 0 Å². The van der Waals surface area contributed by atoms with Gasteiger partial charge in [-0.25, -0.2) is 13.4 Å². The molecule has 0 aliphatic heterocycles. The number of imidazole rings is 1. The van der Waals surface area contributed by atoms with E-state index in [0.717, 1.165) is 6.42 Å². The Labute approximate surface area is 136 Å². The van der Waals surface area contributed by atoms with Gasteiger partial charge in [-0.2, -0.15) is 4.31 Å². The third-order valence-corrected chi connectivity index (χ3v) is 6.77. The summed E-state index contributed by atoms with van der Waals surface area (Å²) < 4.78 is 28.6. The van der Waals surface area contributed by atoms with E-state index in [4.69, 9.17) is 0 Å². The molecular formula is C15H23N3O2S2. The van der Waals surface area contributed by atoms with E-state index in [-0.39, 0.29) is 17.1 Å². The fraction of sp³-hybridized carbons (Fsp3) is 0.533. The molecule has 2 unspecified atom stereocenters. The first-order chi connectivity index (χ1) is 10.4. The number of rotatable bonds is 7. The number of sulfonamides is 1. The average molecular weight is 342 g/mol. The van der Waals surface area contributed by atoms with Crippen LogP contribution in [0.2, 0.25) is 0 Å². The van der Waals surface area contributed by atoms with Crippen LogP contribution in [-0.4, -0.2) is 35.4 Å². The lowest BCUT2D eigenvalue weighted by Gasteiger charge is -2.22. The normalized spacial score (nSPS) is 15.1. The van der Waals surface area contributed by atoms with Gasteiger partial charge in [0.25, 0.3) is 10.0 Å². The first-order valence-electron chi connectivity index (χ1n) is 7.40. The van der Waals surface area contributed by atoms with Crippen LogP contribution in [0.15, 0.2) is 35.1 Å². The highest BCUT2D eigenvalue weighted by molar-refractivity contribution is 7.89. The number of hydrogen-bond acceptors (Lipinski definition) is 4. The van der Waals surface area contributed by atoms with Crippen LogP contribution in [-0.2, 0) is 16.4 Å². The summed E-state index contributed by atoms with van der Waals surface area (Å²) in [5.41, 5.74) is 0. The SMILES string of the molecule is CCC(C)n1cnc(S(=O)(=O)N(C)C(C)Cc2cccs2)c1. The molecule has 7 heteroatoms. The summed E-state index contributed by atoms with van der Waals surface area (Å²) in [6, 6.07) is 4.14. The molecule has 2 aromatic rings. The summed E-state index contributed by atoms with van der Waals surface area (Å²) in [7, 11) is -1.94. The highest BCUT2D eigenvalue weighted by atomic mass is 32.2. The number of nitrogens with zero attached hydrogens (tertiary/aromatic N) is 3. The van der Waals surface area contributed by atoms with E-state index in [0.29, 0.717) is 6.42 Å². The molecule has 0 aliphatic rings. The Kier molecular flexibility index (Phi) is 5.41. The maximum atomic E-state index is 12.7. The summed E-state index contributed by atoms with van der Waals surface area (Å²) >= 11 is 1.64. The van der Waals surface area contributed by atoms with Gasteiger partial charge in [0.2, 0.25) is 0 Å². The topological polar surface area (TPSA) is 55.2 Å². The third kappa shape index (κ3) is 3.59. The molecule has 0 aliphatic carbocycles. The minimum absolute atomic E-state index is 0.114. The van der Waals surface area contributed by atoms with Gasteiger partial charge in [0.1, 0.15) is 0 Å². The molecule has 0 spiro atoms. The lowest BCUT2D eigenvalue weighted by Crippen LogP contribution is -2.36. The zero-order valence-corrected chi connectivity index (χ0v) is 15.1. The Morgan fingerprint density at radius 1 is 1.41 bits per heavy atom. The Hall–Kier alpha value is -1.18. The number of hydrogen-bond donors (Lipinski definition) is 0. The highest BCUT2D eigenvalue weighted by Gasteiger charge is 2.28. The molecule has 5 nitrogen and oxygen atoms in total. The predicted molar refractivity (Wildman–Crippen MR) is 89.7 cm³/mol. The van der Waals surface area contributed by atoms with E-state index in [9.17, 15) is 8.42 Å². The molecular weight excluding hydrogens is 318 g/mol. The summed E-state index contributed by atoms with van der Waals surface area (Å²) in [5.74, 6) is 0. The fourth-order valence-electron chi connectivity index (χ4n) is 2.14. The molecule has 2 rings (SSSR count). The van der Waals surface area contributed by atoms with Crippen molar-refractivity contribution in [3.63, 3.8) is 0 Å². The van der Waals surface area contributed by atoms with Crippen molar-refractivity contribution in [2.24, 2.45) is 0 Å². The monoisotopic (exact) mass is 341 g/mol. The first-order valence-corrected chi connectivity index (χ1v) is 9.72. The molecule has 0 saturated heterocycles. The van der Waals surface area contributed by atoms with Crippen LogP contribution in [0.3, 0.4) is 0 Å². The molecule has 0 bridgehead atoms. The van der Waals surface area contributed by atoms with E-state index in [1.54, 1.807) is 30.9 Å². The van der Waals surface area contributed by atoms with Gasteiger partial charge in [-0.05, 0) is 38.1 Å². The van der Waals surface area contributed by atoms with Crippen LogP contribution in [0.1, 0.15) is 38.1 Å². The molecule has 2 heterocycles. The first kappa shape index (κ1) is 17.2. The molecule has 122 valence electrons. The van der Waals surface area contributed by atoms with Crippen molar-refractivity contribution in [1.29, 1.82) is 0 Å². The Morgan fingerprint density at radius 3 is 2.73 bits per heavy atom. The van der Waals surface area contributed by atoms with Crippen molar-refractivity contribution in [3.05, 3.63) is 34.9 Å². The van der Waals surface area contributed by atoms with Crippen LogP contribution in [0.5, 0.6) is 0 Å². The Morgan fingerprint density at radius 2 is 2.14 bits per heavy atom. The molecule has 22 heavy (non-hydrogen) atoms. The van der Waals surface area contributed by atoms with Crippen LogP contribution >= 0.6 is 11.3 Å². The van der Waals surface area contributed by atoms with Gasteiger partial charge in [0, 0.05) is 30.2 Å². The van der Waals surface area contributed by atoms with Gasteiger partial charge in [0.15, 0.2) is 5.03 Å². The molecule has 0 N–H and O–H groups in total. The van der Waals surface area contributed by atoms with E-state index >= 15 is 0 Å². The van der Waals surface area contributed by atoms with E-state index in [1.807, 2.05) is 35.9 Å². The Balaban J connectivity index is 2.16. The summed E-state index contributed by atoms with van der Waals surface area (Å²) in [5, 5.41) is 2.12. The zero-order valence-electron chi connectivity index (χ0n) is 13.4. The van der Waals surface area contributed by atoms with E-state index < -0.39 is 10.0 Å². The minimum Gasteiger partial charge on any atom is -0.333 e. The summed E-state index contributed by atoms with van der Waals surface area (Å²) in [6.45, 7) is 6.03. The van der Waals surface area contributed by atoms with Crippen molar-refractivity contribution in [2.45, 2.75) is 50.7 Å². The summed E-state index contributed by atoms with van der Waals surface area (Å²) in [6.07, 6.45) is 4.86. The second-order valence-corrected chi connectivity index (χ2v) is 8.55. The number of thiophene rings is 1. The quantitative estimate of drug-likeness (QED) is 0.777. The highest BCUT2D eigenvalue weighted by Crippen LogP contribution is 2.20. The maximum absolute atomic E-state index is 12.7. The lowest BCUT2D eigenvalue weighted by atomic mass is 10.2. The van der Waals surface area contributed by atoms with Gasteiger partial charge in [-0.1, -0.05) is 13.0 Å². The van der Waals surface area contributed by atoms with Crippen molar-refractivity contribution in [3.8, 4) is 0 Å². The van der Waals surface area contributed by atoms with E-state index in [2.05, 4.69) is 11.9 Å². The number of likely N-dealkylation sites (N-methyl/N-ethyl adjacent to an activating group) is 1. The Bertz CT molecular complexity index is 692. The lowest BCUT2D eigenvalue weighted by molar-refractivity contribution is 0.387. The smallest absolute Gasteiger partial charge is 0.262 e. The van der Waals surface area contributed by atoms with Crippen LogP contribution < -0.4 is 0 Å². The van der Waals surface area contributed by atoms with Gasteiger partial charge >= 0.3 is 0 Å². The predicted octanol–water partition coefficient (Wildman–Crippen LogP) is 3.17. The van der Waals surface area contributed by atoms with Gasteiger partial charge < -0.3 is 4.57 Å². The maximum Gasteiger partial charge on any atom is 0.262 e. The van der Waals surface area contributed by atoms with Crippen molar-refractivity contribution < 1.29 is 8.42 Å². The standard InChI is InChI=1S/C15H23N3O2S2/c1-5-12(2)18-10-15(16-11-18)22(19,20)17(4)13(3)9-14-7-6-8-21-14/h6-8,10-13H,5,9H2,1-4H3. The second kappa shape index (κ2) is 6.93. The van der Waals surface area contributed by atoms with Crippen molar-refractivity contribution in [1.82, 2.24) is 13.9 Å². The van der Waals surface area contributed by atoms with Crippen molar-refractivity contribution in [2.75, 3.05) is 7.05 Å². The second-order valence-electron chi connectivity index (χ2n) is 5.57. The fourth-order valence-corrected chi connectivity index (χ4v) is 4.24. The molecule has 2 atom stereocenters. The minimum atomic E-state index is -3.56.